The third-order valence-corrected chi connectivity index (χ3v) is 4.96. The molecule has 1 fully saturated rings. The van der Waals surface area contributed by atoms with E-state index in [9.17, 15) is 22.8 Å². The number of ether oxygens (including phenoxy) is 1. The normalized spacial score (nSPS) is 15.6. The van der Waals surface area contributed by atoms with Crippen LogP contribution in [0.3, 0.4) is 0 Å². The molecule has 1 N–H and O–H groups in total. The number of carbonyl (C=O) groups excluding carboxylic acids is 2. The van der Waals surface area contributed by atoms with Crippen LogP contribution >= 0.6 is 0 Å². The molecule has 0 radical (unpaired) electrons. The predicted molar refractivity (Wildman–Crippen MR) is 106 cm³/mol. The van der Waals surface area contributed by atoms with Crippen molar-refractivity contribution in [3.8, 4) is 0 Å². The zero-order valence-electron chi connectivity index (χ0n) is 16.5. The van der Waals surface area contributed by atoms with Crippen LogP contribution in [0.15, 0.2) is 48.5 Å². The van der Waals surface area contributed by atoms with Gasteiger partial charge in [-0.1, -0.05) is 36.4 Å². The van der Waals surface area contributed by atoms with Crippen LogP contribution in [0.25, 0.3) is 0 Å². The Morgan fingerprint density at radius 2 is 1.77 bits per heavy atom. The molecule has 2 aromatic rings. The number of likely N-dealkylation sites (tertiary alicyclic amines) is 1. The van der Waals surface area contributed by atoms with E-state index in [1.54, 1.807) is 18.3 Å². The molecule has 1 saturated heterocycles. The fraction of sp³-hybridized carbons (Fsp3) is 0.364. The lowest BCUT2D eigenvalue weighted by Gasteiger charge is -2.31. The molecule has 5 nitrogen and oxygen atoms in total. The quantitative estimate of drug-likeness (QED) is 0.732. The molecular weight excluding hydrogens is 397 g/mol. The van der Waals surface area contributed by atoms with Gasteiger partial charge in [0.1, 0.15) is 6.10 Å². The number of anilines is 1. The summed E-state index contributed by atoms with van der Waals surface area (Å²) in [6.07, 6.45) is -4.10. The number of hydrogen-bond acceptors (Lipinski definition) is 4. The Kier molecular flexibility index (Phi) is 6.77. The number of nitrogens with one attached hydrogen (secondary N) is 1. The third kappa shape index (κ3) is 5.82. The lowest BCUT2D eigenvalue weighted by molar-refractivity contribution is -0.167. The minimum Gasteiger partial charge on any atom is -0.459 e. The van der Waals surface area contributed by atoms with Gasteiger partial charge in [0.15, 0.2) is 0 Å². The van der Waals surface area contributed by atoms with Crippen molar-refractivity contribution in [1.82, 2.24) is 4.90 Å². The maximum Gasteiger partial charge on any atom is 0.471 e. The fourth-order valence-corrected chi connectivity index (χ4v) is 3.37. The molecule has 0 bridgehead atoms. The van der Waals surface area contributed by atoms with Crippen LogP contribution in [-0.4, -0.2) is 42.1 Å². The zero-order chi connectivity index (χ0) is 21.7. The van der Waals surface area contributed by atoms with Crippen molar-refractivity contribution in [2.75, 3.05) is 18.4 Å². The largest absolute Gasteiger partial charge is 0.471 e. The van der Waals surface area contributed by atoms with Crippen LogP contribution < -0.4 is 5.32 Å². The Labute approximate surface area is 172 Å². The summed E-state index contributed by atoms with van der Waals surface area (Å²) in [6, 6.07) is 14.3. The molecule has 8 heteroatoms. The van der Waals surface area contributed by atoms with Gasteiger partial charge in [-0.25, -0.2) is 4.79 Å². The molecule has 2 aromatic carbocycles. The van der Waals surface area contributed by atoms with Gasteiger partial charge in [0.25, 0.3) is 0 Å². The number of halogens is 3. The van der Waals surface area contributed by atoms with Crippen LogP contribution in [-0.2, 0) is 16.1 Å². The molecule has 0 aromatic heterocycles. The number of alkyl halides is 3. The van der Waals surface area contributed by atoms with Gasteiger partial charge in [0, 0.05) is 19.6 Å². The summed E-state index contributed by atoms with van der Waals surface area (Å²) in [5.74, 6) is -2.87. The Morgan fingerprint density at radius 1 is 1.10 bits per heavy atom. The number of carbonyl (C=O) groups is 2. The fourth-order valence-electron chi connectivity index (χ4n) is 3.37. The lowest BCUT2D eigenvalue weighted by Crippen LogP contribution is -2.37. The van der Waals surface area contributed by atoms with E-state index in [-0.39, 0.29) is 17.4 Å². The van der Waals surface area contributed by atoms with Gasteiger partial charge in [-0.15, -0.1) is 0 Å². The monoisotopic (exact) mass is 420 g/mol. The van der Waals surface area contributed by atoms with Crippen molar-refractivity contribution in [2.24, 2.45) is 0 Å². The SMILES string of the molecule is Cc1ccc(C(=O)OC2CCN(Cc3ccccc3)CC2)c(NC(=O)C(F)(F)F)c1. The highest BCUT2D eigenvalue weighted by atomic mass is 19.4. The summed E-state index contributed by atoms with van der Waals surface area (Å²) in [5, 5.41) is 1.77. The summed E-state index contributed by atoms with van der Waals surface area (Å²) >= 11 is 0. The predicted octanol–water partition coefficient (Wildman–Crippen LogP) is 4.32. The first kappa shape index (κ1) is 21.8. The van der Waals surface area contributed by atoms with Crippen molar-refractivity contribution in [3.05, 3.63) is 65.2 Å². The number of rotatable bonds is 5. The highest BCUT2D eigenvalue weighted by molar-refractivity contribution is 6.03. The molecule has 1 amide bonds. The number of piperidine rings is 1. The van der Waals surface area contributed by atoms with E-state index in [4.69, 9.17) is 4.74 Å². The Balaban J connectivity index is 1.59. The van der Waals surface area contributed by atoms with Crippen molar-refractivity contribution >= 4 is 17.6 Å². The van der Waals surface area contributed by atoms with E-state index in [0.717, 1.165) is 19.6 Å². The highest BCUT2D eigenvalue weighted by Gasteiger charge is 2.39. The summed E-state index contributed by atoms with van der Waals surface area (Å²) in [5.41, 5.74) is 1.52. The minimum atomic E-state index is -5.05. The van der Waals surface area contributed by atoms with Crippen molar-refractivity contribution < 1.29 is 27.5 Å². The number of nitrogens with zero attached hydrogens (tertiary/aromatic N) is 1. The molecular formula is C22H23F3N2O3. The van der Waals surface area contributed by atoms with Gasteiger partial charge in [0.2, 0.25) is 0 Å². The minimum absolute atomic E-state index is 0.0927. The molecule has 1 aliphatic heterocycles. The second-order valence-corrected chi connectivity index (χ2v) is 7.37. The van der Waals surface area contributed by atoms with Gasteiger partial charge in [0.05, 0.1) is 11.3 Å². The molecule has 0 aliphatic carbocycles. The van der Waals surface area contributed by atoms with E-state index >= 15 is 0 Å². The second-order valence-electron chi connectivity index (χ2n) is 7.37. The average Bonchev–Trinajstić information content (AvgIpc) is 2.69. The van der Waals surface area contributed by atoms with Crippen LogP contribution in [0.5, 0.6) is 0 Å². The van der Waals surface area contributed by atoms with E-state index in [2.05, 4.69) is 17.0 Å². The van der Waals surface area contributed by atoms with Crippen molar-refractivity contribution in [3.63, 3.8) is 0 Å². The molecule has 0 unspecified atom stereocenters. The van der Waals surface area contributed by atoms with E-state index in [1.165, 1.54) is 17.7 Å². The molecule has 160 valence electrons. The second kappa shape index (κ2) is 9.30. The molecule has 1 aliphatic rings. The van der Waals surface area contributed by atoms with Gasteiger partial charge in [-0.05, 0) is 43.0 Å². The molecule has 3 rings (SSSR count). The van der Waals surface area contributed by atoms with Gasteiger partial charge < -0.3 is 10.1 Å². The van der Waals surface area contributed by atoms with Gasteiger partial charge >= 0.3 is 18.1 Å². The summed E-state index contributed by atoms with van der Waals surface area (Å²) in [6.45, 7) is 3.96. The van der Waals surface area contributed by atoms with Crippen LogP contribution in [0.2, 0.25) is 0 Å². The summed E-state index contributed by atoms with van der Waals surface area (Å²) < 4.78 is 43.3. The summed E-state index contributed by atoms with van der Waals surface area (Å²) in [7, 11) is 0. The van der Waals surface area contributed by atoms with Crippen LogP contribution in [0.4, 0.5) is 18.9 Å². The zero-order valence-corrected chi connectivity index (χ0v) is 16.5. The average molecular weight is 420 g/mol. The lowest BCUT2D eigenvalue weighted by atomic mass is 10.1. The van der Waals surface area contributed by atoms with Gasteiger partial charge in [-0.2, -0.15) is 13.2 Å². The standard InChI is InChI=1S/C22H23F3N2O3/c1-15-7-8-18(19(13-15)26-21(29)22(23,24)25)20(28)30-17-9-11-27(12-10-17)14-16-5-3-2-4-6-16/h2-8,13,17H,9-12,14H2,1H3,(H,26,29). The topological polar surface area (TPSA) is 58.6 Å². The summed E-state index contributed by atoms with van der Waals surface area (Å²) in [4.78, 5) is 26.1. The number of esters is 1. The molecule has 30 heavy (non-hydrogen) atoms. The first-order valence-corrected chi connectivity index (χ1v) is 9.68. The molecule has 0 spiro atoms. The molecule has 1 heterocycles. The van der Waals surface area contributed by atoms with E-state index in [1.807, 2.05) is 18.2 Å². The van der Waals surface area contributed by atoms with E-state index in [0.29, 0.717) is 18.4 Å². The first-order chi connectivity index (χ1) is 14.2. The molecule has 0 atom stereocenters. The van der Waals surface area contributed by atoms with Crippen LogP contribution in [0.1, 0.15) is 34.3 Å². The Bertz CT molecular complexity index is 892. The first-order valence-electron chi connectivity index (χ1n) is 9.68. The third-order valence-electron chi connectivity index (χ3n) is 4.96. The highest BCUT2D eigenvalue weighted by Crippen LogP contribution is 2.25. The Hall–Kier alpha value is -2.87. The maximum absolute atomic E-state index is 12.6. The maximum atomic E-state index is 12.6. The smallest absolute Gasteiger partial charge is 0.459 e. The van der Waals surface area contributed by atoms with E-state index < -0.39 is 18.1 Å². The number of aryl methyl sites for hydroxylation is 1. The van der Waals surface area contributed by atoms with Crippen molar-refractivity contribution in [1.29, 1.82) is 0 Å². The Morgan fingerprint density at radius 3 is 2.40 bits per heavy atom. The number of benzene rings is 2. The van der Waals surface area contributed by atoms with Gasteiger partial charge in [-0.3, -0.25) is 9.69 Å². The number of amides is 1. The number of hydrogen-bond donors (Lipinski definition) is 1. The van der Waals surface area contributed by atoms with Crippen molar-refractivity contribution in [2.45, 2.75) is 38.6 Å². The van der Waals surface area contributed by atoms with Crippen LogP contribution in [0, 0.1) is 6.92 Å². The molecule has 0 saturated carbocycles.